The number of fused-ring (bicyclic) bond motifs is 3. The van der Waals surface area contributed by atoms with Gasteiger partial charge in [0.1, 0.15) is 5.82 Å². The molecule has 2 aliphatic rings. The normalized spacial score (nSPS) is 23.6. The highest BCUT2D eigenvalue weighted by Gasteiger charge is 2.30. The summed E-state index contributed by atoms with van der Waals surface area (Å²) in [4.78, 5) is 2.26. The van der Waals surface area contributed by atoms with Crippen molar-refractivity contribution in [1.29, 1.82) is 0 Å². The lowest BCUT2D eigenvalue weighted by atomic mass is 9.86. The third kappa shape index (κ3) is 3.53. The van der Waals surface area contributed by atoms with E-state index in [9.17, 15) is 0 Å². The Morgan fingerprint density at radius 2 is 1.88 bits per heavy atom. The van der Waals surface area contributed by atoms with Gasteiger partial charge in [-0.05, 0) is 70.3 Å². The molecule has 1 aliphatic carbocycles. The molecule has 0 radical (unpaired) electrons. The van der Waals surface area contributed by atoms with Gasteiger partial charge in [0, 0.05) is 17.5 Å². The molecule has 2 heterocycles. The molecule has 26 heavy (non-hydrogen) atoms. The molecule has 0 unspecified atom stereocenters. The van der Waals surface area contributed by atoms with Crippen molar-refractivity contribution < 1.29 is 4.74 Å². The first kappa shape index (κ1) is 18.0. The van der Waals surface area contributed by atoms with Crippen molar-refractivity contribution in [1.82, 2.24) is 19.7 Å². The molecule has 6 heteroatoms. The van der Waals surface area contributed by atoms with Crippen molar-refractivity contribution in [2.45, 2.75) is 70.7 Å². The number of hydrogen-bond donors (Lipinski definition) is 0. The van der Waals surface area contributed by atoms with E-state index in [1.54, 1.807) is 0 Å². The number of rotatable bonds is 3. The zero-order chi connectivity index (χ0) is 18.3. The van der Waals surface area contributed by atoms with Crippen molar-refractivity contribution in [3.8, 4) is 5.69 Å². The lowest BCUT2D eigenvalue weighted by Gasteiger charge is -2.29. The number of aromatic nitrogens is 3. The Hall–Kier alpha value is -1.43. The van der Waals surface area contributed by atoms with Gasteiger partial charge >= 0.3 is 0 Å². The first-order valence-corrected chi connectivity index (χ1v) is 9.96. The Morgan fingerprint density at radius 1 is 1.12 bits per heavy atom. The van der Waals surface area contributed by atoms with Gasteiger partial charge in [0.25, 0.3) is 0 Å². The van der Waals surface area contributed by atoms with Crippen LogP contribution in [0.5, 0.6) is 0 Å². The molecular formula is C20H27ClN4O. The Balaban J connectivity index is 1.65. The summed E-state index contributed by atoms with van der Waals surface area (Å²) in [6, 6.07) is 6.15. The number of benzene rings is 1. The molecule has 0 atom stereocenters. The molecule has 1 fully saturated rings. The zero-order valence-corrected chi connectivity index (χ0v) is 16.5. The average Bonchev–Trinajstić information content (AvgIpc) is 2.92. The molecule has 1 aromatic carbocycles. The summed E-state index contributed by atoms with van der Waals surface area (Å²) in [7, 11) is 2.11. The highest BCUT2D eigenvalue weighted by molar-refractivity contribution is 6.30. The van der Waals surface area contributed by atoms with E-state index in [0.29, 0.717) is 18.1 Å². The predicted octanol–water partition coefficient (Wildman–Crippen LogP) is 4.32. The van der Waals surface area contributed by atoms with Crippen LogP contribution in [0.3, 0.4) is 0 Å². The minimum Gasteiger partial charge on any atom is -0.376 e. The molecule has 1 aromatic heterocycles. The summed E-state index contributed by atoms with van der Waals surface area (Å²) in [6.45, 7) is 5.89. The summed E-state index contributed by atoms with van der Waals surface area (Å²) >= 11 is 6.25. The van der Waals surface area contributed by atoms with Crippen LogP contribution >= 0.6 is 11.6 Å². The SMILES string of the molecule is CC(C)O[C@H]1CC[C@H](c2nnc3n2-c2ccc(Cl)cc2CN(C)C3)CC1. The Kier molecular flexibility index (Phi) is 5.04. The molecule has 0 bridgehead atoms. The van der Waals surface area contributed by atoms with Gasteiger partial charge in [0.15, 0.2) is 5.82 Å². The molecule has 2 aromatic rings. The number of ether oxygens (including phenoxy) is 1. The molecule has 140 valence electrons. The summed E-state index contributed by atoms with van der Waals surface area (Å²) in [6.07, 6.45) is 5.09. The van der Waals surface area contributed by atoms with Gasteiger partial charge in [-0.1, -0.05) is 11.6 Å². The number of halogens is 1. The van der Waals surface area contributed by atoms with E-state index in [0.717, 1.165) is 55.4 Å². The molecule has 4 rings (SSSR count). The second-order valence-electron chi connectivity index (χ2n) is 7.91. The molecule has 0 amide bonds. The highest BCUT2D eigenvalue weighted by Crippen LogP contribution is 2.36. The quantitative estimate of drug-likeness (QED) is 0.802. The standard InChI is InChI=1S/C20H27ClN4O/c1-13(2)26-17-7-4-14(5-8-17)20-23-22-19-12-24(3)11-15-10-16(21)6-9-18(15)25(19)20/h6,9-10,13-14,17H,4-5,7-8,11-12H2,1-3H3/t14-,17-. The van der Waals surface area contributed by atoms with Crippen LogP contribution in [0.1, 0.15) is 62.7 Å². The minimum absolute atomic E-state index is 0.299. The van der Waals surface area contributed by atoms with Gasteiger partial charge in [0.2, 0.25) is 0 Å². The maximum atomic E-state index is 6.25. The van der Waals surface area contributed by atoms with E-state index in [4.69, 9.17) is 16.3 Å². The van der Waals surface area contributed by atoms with E-state index >= 15 is 0 Å². The van der Waals surface area contributed by atoms with Gasteiger partial charge < -0.3 is 4.74 Å². The van der Waals surface area contributed by atoms with Crippen LogP contribution in [-0.4, -0.2) is 38.9 Å². The van der Waals surface area contributed by atoms with Crippen molar-refractivity contribution in [3.63, 3.8) is 0 Å². The van der Waals surface area contributed by atoms with E-state index < -0.39 is 0 Å². The summed E-state index contributed by atoms with van der Waals surface area (Å²) in [5.41, 5.74) is 2.41. The van der Waals surface area contributed by atoms with Gasteiger partial charge in [0.05, 0.1) is 24.4 Å². The van der Waals surface area contributed by atoms with Crippen LogP contribution in [0.2, 0.25) is 5.02 Å². The first-order valence-electron chi connectivity index (χ1n) is 9.58. The monoisotopic (exact) mass is 374 g/mol. The molecule has 1 aliphatic heterocycles. The third-order valence-corrected chi connectivity index (χ3v) is 5.63. The van der Waals surface area contributed by atoms with Gasteiger partial charge in [-0.3, -0.25) is 9.47 Å². The van der Waals surface area contributed by atoms with Crippen molar-refractivity contribution in [2.75, 3.05) is 7.05 Å². The fourth-order valence-corrected chi connectivity index (χ4v) is 4.48. The van der Waals surface area contributed by atoms with Crippen LogP contribution in [0, 0.1) is 0 Å². The fourth-order valence-electron chi connectivity index (χ4n) is 4.29. The molecular weight excluding hydrogens is 348 g/mol. The largest absolute Gasteiger partial charge is 0.376 e. The minimum atomic E-state index is 0.299. The van der Waals surface area contributed by atoms with Gasteiger partial charge in [-0.2, -0.15) is 0 Å². The van der Waals surface area contributed by atoms with Crippen molar-refractivity contribution in [3.05, 3.63) is 40.4 Å². The summed E-state index contributed by atoms with van der Waals surface area (Å²) in [5.74, 6) is 2.56. The zero-order valence-electron chi connectivity index (χ0n) is 15.8. The van der Waals surface area contributed by atoms with Crippen LogP contribution in [0.4, 0.5) is 0 Å². The maximum Gasteiger partial charge on any atom is 0.151 e. The predicted molar refractivity (Wildman–Crippen MR) is 103 cm³/mol. The van der Waals surface area contributed by atoms with Crippen LogP contribution in [0.25, 0.3) is 5.69 Å². The van der Waals surface area contributed by atoms with Crippen LogP contribution in [0.15, 0.2) is 18.2 Å². The lowest BCUT2D eigenvalue weighted by molar-refractivity contribution is -0.0151. The van der Waals surface area contributed by atoms with Crippen LogP contribution < -0.4 is 0 Å². The van der Waals surface area contributed by atoms with E-state index in [1.165, 1.54) is 11.3 Å². The Labute approximate surface area is 160 Å². The Morgan fingerprint density at radius 3 is 2.62 bits per heavy atom. The van der Waals surface area contributed by atoms with E-state index in [1.807, 2.05) is 6.07 Å². The smallest absolute Gasteiger partial charge is 0.151 e. The molecule has 1 saturated carbocycles. The second-order valence-corrected chi connectivity index (χ2v) is 8.35. The molecule has 0 N–H and O–H groups in total. The van der Waals surface area contributed by atoms with E-state index in [2.05, 4.69) is 52.7 Å². The van der Waals surface area contributed by atoms with Crippen LogP contribution in [-0.2, 0) is 17.8 Å². The van der Waals surface area contributed by atoms with E-state index in [-0.39, 0.29) is 0 Å². The lowest BCUT2D eigenvalue weighted by Crippen LogP contribution is -2.25. The van der Waals surface area contributed by atoms with Gasteiger partial charge in [-0.25, -0.2) is 0 Å². The highest BCUT2D eigenvalue weighted by atomic mass is 35.5. The summed E-state index contributed by atoms with van der Waals surface area (Å²) < 4.78 is 8.29. The fraction of sp³-hybridized carbons (Fsp3) is 0.600. The second kappa shape index (κ2) is 7.29. The number of nitrogens with zero attached hydrogens (tertiary/aromatic N) is 4. The van der Waals surface area contributed by atoms with Crippen molar-refractivity contribution in [2.24, 2.45) is 0 Å². The van der Waals surface area contributed by atoms with Crippen molar-refractivity contribution >= 4 is 11.6 Å². The number of hydrogen-bond acceptors (Lipinski definition) is 4. The molecule has 0 spiro atoms. The average molecular weight is 375 g/mol. The topological polar surface area (TPSA) is 43.2 Å². The Bertz CT molecular complexity index is 780. The maximum absolute atomic E-state index is 6.25. The molecule has 0 saturated heterocycles. The molecule has 5 nitrogen and oxygen atoms in total. The van der Waals surface area contributed by atoms with Gasteiger partial charge in [-0.15, -0.1) is 10.2 Å². The first-order chi connectivity index (χ1) is 12.5. The summed E-state index contributed by atoms with van der Waals surface area (Å²) in [5, 5.41) is 9.93. The third-order valence-electron chi connectivity index (χ3n) is 5.39.